The van der Waals surface area contributed by atoms with Crippen molar-refractivity contribution in [2.45, 2.75) is 20.4 Å². The van der Waals surface area contributed by atoms with Crippen molar-refractivity contribution in [1.82, 2.24) is 4.90 Å². The molecule has 28 heavy (non-hydrogen) atoms. The Balaban J connectivity index is 1.57. The highest BCUT2D eigenvalue weighted by molar-refractivity contribution is 6.22. The number of aryl methyl sites for hydroxylation is 2. The number of hydrogen-bond donors (Lipinski definition) is 1. The van der Waals surface area contributed by atoms with Crippen LogP contribution in [0.3, 0.4) is 0 Å². The molecule has 1 aliphatic heterocycles. The summed E-state index contributed by atoms with van der Waals surface area (Å²) < 4.78 is 5.23. The molecule has 0 bridgehead atoms. The van der Waals surface area contributed by atoms with Gasteiger partial charge in [-0.1, -0.05) is 6.07 Å². The number of anilines is 1. The molecule has 1 aliphatic rings. The molecular weight excluding hydrogens is 356 g/mol. The van der Waals surface area contributed by atoms with Gasteiger partial charge in [0.15, 0.2) is 0 Å². The number of carbonyl (C=O) groups is 3. The van der Waals surface area contributed by atoms with E-state index in [4.69, 9.17) is 4.42 Å². The van der Waals surface area contributed by atoms with Crippen LogP contribution in [0.25, 0.3) is 0 Å². The summed E-state index contributed by atoms with van der Waals surface area (Å²) >= 11 is 0. The van der Waals surface area contributed by atoms with Crippen molar-refractivity contribution < 1.29 is 18.8 Å². The molecule has 0 spiro atoms. The fourth-order valence-electron chi connectivity index (χ4n) is 3.16. The Bertz CT molecular complexity index is 1100. The molecule has 0 saturated carbocycles. The Morgan fingerprint density at radius 3 is 2.46 bits per heavy atom. The number of amides is 3. The molecule has 0 saturated heterocycles. The van der Waals surface area contributed by atoms with E-state index >= 15 is 0 Å². The smallest absolute Gasteiger partial charge is 0.261 e. The molecule has 3 amide bonds. The van der Waals surface area contributed by atoms with Gasteiger partial charge in [0.1, 0.15) is 5.76 Å². The first-order valence-electron chi connectivity index (χ1n) is 8.85. The second-order valence-electron chi connectivity index (χ2n) is 6.79. The summed E-state index contributed by atoms with van der Waals surface area (Å²) in [5.74, 6) is -0.646. The van der Waals surface area contributed by atoms with Gasteiger partial charge in [-0.25, -0.2) is 0 Å². The summed E-state index contributed by atoms with van der Waals surface area (Å²) in [6.45, 7) is 4.03. The second-order valence-corrected chi connectivity index (χ2v) is 6.79. The summed E-state index contributed by atoms with van der Waals surface area (Å²) in [4.78, 5) is 38.9. The van der Waals surface area contributed by atoms with Crippen LogP contribution in [-0.4, -0.2) is 22.6 Å². The molecule has 0 fully saturated rings. The van der Waals surface area contributed by atoms with Crippen molar-refractivity contribution in [2.75, 3.05) is 5.32 Å². The van der Waals surface area contributed by atoms with E-state index in [1.54, 1.807) is 18.2 Å². The minimum absolute atomic E-state index is 0.0590. The van der Waals surface area contributed by atoms with Crippen molar-refractivity contribution in [2.24, 2.45) is 0 Å². The summed E-state index contributed by atoms with van der Waals surface area (Å²) in [7, 11) is 0. The van der Waals surface area contributed by atoms with Crippen LogP contribution in [0, 0.1) is 13.8 Å². The van der Waals surface area contributed by atoms with Gasteiger partial charge in [0.05, 0.1) is 23.9 Å². The zero-order valence-electron chi connectivity index (χ0n) is 15.5. The maximum absolute atomic E-state index is 12.7. The quantitative estimate of drug-likeness (QED) is 0.702. The first-order valence-corrected chi connectivity index (χ1v) is 8.85. The van der Waals surface area contributed by atoms with Crippen LogP contribution in [-0.2, 0) is 6.54 Å². The van der Waals surface area contributed by atoms with Crippen molar-refractivity contribution in [3.05, 3.63) is 88.4 Å². The first-order chi connectivity index (χ1) is 13.4. The van der Waals surface area contributed by atoms with Crippen LogP contribution < -0.4 is 5.32 Å². The Labute approximate surface area is 161 Å². The average Bonchev–Trinajstić information content (AvgIpc) is 3.28. The highest BCUT2D eigenvalue weighted by Gasteiger charge is 2.36. The van der Waals surface area contributed by atoms with E-state index in [9.17, 15) is 14.4 Å². The summed E-state index contributed by atoms with van der Waals surface area (Å²) in [5, 5.41) is 2.83. The number of furan rings is 1. The van der Waals surface area contributed by atoms with Gasteiger partial charge in [0, 0.05) is 11.3 Å². The minimum Gasteiger partial charge on any atom is -0.467 e. The average molecular weight is 374 g/mol. The number of nitrogens with zero attached hydrogens (tertiary/aromatic N) is 1. The Morgan fingerprint density at radius 2 is 1.75 bits per heavy atom. The van der Waals surface area contributed by atoms with E-state index in [-0.39, 0.29) is 18.0 Å². The number of carbonyl (C=O) groups excluding carboxylic acids is 3. The normalized spacial score (nSPS) is 13.0. The van der Waals surface area contributed by atoms with Gasteiger partial charge in [-0.15, -0.1) is 0 Å². The van der Waals surface area contributed by atoms with E-state index in [0.29, 0.717) is 22.6 Å². The first kappa shape index (κ1) is 17.7. The molecule has 0 unspecified atom stereocenters. The monoisotopic (exact) mass is 374 g/mol. The number of nitrogens with one attached hydrogen (secondary N) is 1. The zero-order valence-corrected chi connectivity index (χ0v) is 15.5. The number of rotatable bonds is 4. The van der Waals surface area contributed by atoms with Crippen LogP contribution in [0.4, 0.5) is 5.69 Å². The van der Waals surface area contributed by atoms with Gasteiger partial charge in [-0.2, -0.15) is 0 Å². The van der Waals surface area contributed by atoms with Crippen LogP contribution in [0.1, 0.15) is 48.0 Å². The van der Waals surface area contributed by atoms with Crippen LogP contribution in [0.15, 0.2) is 59.2 Å². The Kier molecular flexibility index (Phi) is 4.31. The van der Waals surface area contributed by atoms with Crippen molar-refractivity contribution in [1.29, 1.82) is 0 Å². The van der Waals surface area contributed by atoms with E-state index in [1.807, 2.05) is 32.0 Å². The molecule has 140 valence electrons. The molecule has 6 nitrogen and oxygen atoms in total. The third-order valence-corrected chi connectivity index (χ3v) is 4.89. The lowest BCUT2D eigenvalue weighted by atomic mass is 10.0. The van der Waals surface area contributed by atoms with Gasteiger partial charge < -0.3 is 9.73 Å². The number of imide groups is 1. The lowest BCUT2D eigenvalue weighted by Gasteiger charge is -2.11. The summed E-state index contributed by atoms with van der Waals surface area (Å²) in [6, 6.07) is 13.6. The molecule has 0 radical (unpaired) electrons. The van der Waals surface area contributed by atoms with Crippen molar-refractivity contribution in [3.63, 3.8) is 0 Å². The van der Waals surface area contributed by atoms with Gasteiger partial charge in [0.2, 0.25) is 0 Å². The van der Waals surface area contributed by atoms with E-state index in [1.165, 1.54) is 18.4 Å². The molecule has 6 heteroatoms. The van der Waals surface area contributed by atoms with Gasteiger partial charge in [-0.05, 0) is 67.4 Å². The highest BCUT2D eigenvalue weighted by Crippen LogP contribution is 2.26. The topological polar surface area (TPSA) is 79.6 Å². The van der Waals surface area contributed by atoms with Crippen LogP contribution >= 0.6 is 0 Å². The molecule has 3 aromatic rings. The van der Waals surface area contributed by atoms with Gasteiger partial charge >= 0.3 is 0 Å². The number of fused-ring (bicyclic) bond motifs is 1. The van der Waals surface area contributed by atoms with Crippen LogP contribution in [0.5, 0.6) is 0 Å². The molecule has 4 rings (SSSR count). The minimum atomic E-state index is -0.433. The van der Waals surface area contributed by atoms with Crippen molar-refractivity contribution >= 4 is 23.4 Å². The lowest BCUT2D eigenvalue weighted by molar-refractivity contribution is 0.0631. The Morgan fingerprint density at radius 1 is 0.964 bits per heavy atom. The molecule has 1 aromatic heterocycles. The maximum Gasteiger partial charge on any atom is 0.261 e. The number of hydrogen-bond acceptors (Lipinski definition) is 4. The van der Waals surface area contributed by atoms with E-state index in [0.717, 1.165) is 16.0 Å². The molecule has 0 aliphatic carbocycles. The SMILES string of the molecule is Cc1ccc(NC(=O)c2ccc3c(c2)C(=O)N(Cc2ccco2)C3=O)cc1C. The summed E-state index contributed by atoms with van der Waals surface area (Å²) in [5.41, 5.74) is 3.72. The molecule has 1 N–H and O–H groups in total. The zero-order chi connectivity index (χ0) is 19.8. The number of benzene rings is 2. The summed E-state index contributed by atoms with van der Waals surface area (Å²) in [6.07, 6.45) is 1.49. The predicted octanol–water partition coefficient (Wildman–Crippen LogP) is 3.94. The molecule has 0 atom stereocenters. The highest BCUT2D eigenvalue weighted by atomic mass is 16.3. The lowest BCUT2D eigenvalue weighted by Crippen LogP contribution is -2.28. The Hall–Kier alpha value is -3.67. The standard InChI is InChI=1S/C22H18N2O4/c1-13-5-7-16(10-14(13)2)23-20(25)15-6-8-18-19(11-15)22(27)24(21(18)26)12-17-4-3-9-28-17/h3-11H,12H2,1-2H3,(H,23,25). The van der Waals surface area contributed by atoms with E-state index in [2.05, 4.69) is 5.32 Å². The third kappa shape index (κ3) is 3.09. The predicted molar refractivity (Wildman–Crippen MR) is 103 cm³/mol. The second kappa shape index (κ2) is 6.81. The van der Waals surface area contributed by atoms with E-state index < -0.39 is 11.8 Å². The third-order valence-electron chi connectivity index (χ3n) is 4.89. The maximum atomic E-state index is 12.7. The van der Waals surface area contributed by atoms with Gasteiger partial charge in [0.25, 0.3) is 17.7 Å². The van der Waals surface area contributed by atoms with Gasteiger partial charge in [-0.3, -0.25) is 19.3 Å². The molecule has 2 heterocycles. The fourth-order valence-corrected chi connectivity index (χ4v) is 3.16. The van der Waals surface area contributed by atoms with Crippen molar-refractivity contribution in [3.8, 4) is 0 Å². The van der Waals surface area contributed by atoms with Crippen LogP contribution in [0.2, 0.25) is 0 Å². The molecule has 2 aromatic carbocycles. The molecular formula is C22H18N2O4. The fraction of sp³-hybridized carbons (Fsp3) is 0.136. The largest absolute Gasteiger partial charge is 0.467 e.